The summed E-state index contributed by atoms with van der Waals surface area (Å²) in [5.74, 6) is 1.46. The molecule has 3 rings (SSSR count). The Morgan fingerprint density at radius 1 is 1.28 bits per heavy atom. The molecule has 2 aliphatic heterocycles. The summed E-state index contributed by atoms with van der Waals surface area (Å²) in [6.07, 6.45) is 8.47. The first-order chi connectivity index (χ1) is 12.2. The number of carbonyl (C=O) groups excluding carboxylic acids is 1. The van der Waals surface area contributed by atoms with Crippen LogP contribution in [0.1, 0.15) is 38.2 Å². The number of nitrogens with one attached hydrogen (secondary N) is 2. The number of rotatable bonds is 6. The third-order valence-corrected chi connectivity index (χ3v) is 5.05. The molecule has 5 heteroatoms. The van der Waals surface area contributed by atoms with Gasteiger partial charge in [0.15, 0.2) is 11.5 Å². The molecule has 2 heterocycles. The first kappa shape index (κ1) is 17.8. The zero-order valence-corrected chi connectivity index (χ0v) is 15.1. The van der Waals surface area contributed by atoms with Gasteiger partial charge in [-0.1, -0.05) is 6.07 Å². The van der Waals surface area contributed by atoms with Gasteiger partial charge in [0.2, 0.25) is 5.91 Å². The molecule has 0 bridgehead atoms. The van der Waals surface area contributed by atoms with Gasteiger partial charge in [-0.05, 0) is 50.0 Å². The van der Waals surface area contributed by atoms with Crippen molar-refractivity contribution < 1.29 is 19.2 Å². The minimum absolute atomic E-state index is 0.0448. The fourth-order valence-corrected chi connectivity index (χ4v) is 3.55. The van der Waals surface area contributed by atoms with E-state index in [0.29, 0.717) is 13.2 Å². The molecule has 136 valence electrons. The zero-order valence-electron chi connectivity index (χ0n) is 15.1. The van der Waals surface area contributed by atoms with Gasteiger partial charge in [0.1, 0.15) is 13.2 Å². The Balaban J connectivity index is 1.39. The second-order valence-corrected chi connectivity index (χ2v) is 6.94. The summed E-state index contributed by atoms with van der Waals surface area (Å²) < 4.78 is 11.1. The normalized spacial score (nSPS) is 22.8. The molecule has 2 atom stereocenters. The van der Waals surface area contributed by atoms with Crippen molar-refractivity contribution in [1.29, 1.82) is 0 Å². The van der Waals surface area contributed by atoms with Crippen LogP contribution in [0.3, 0.4) is 0 Å². The van der Waals surface area contributed by atoms with E-state index in [1.165, 1.54) is 25.8 Å². The topological polar surface area (TPSA) is 52.0 Å². The molecule has 0 aromatic heterocycles. The molecular weight excluding hydrogens is 316 g/mol. The van der Waals surface area contributed by atoms with Gasteiger partial charge in [0.25, 0.3) is 0 Å². The molecule has 0 radical (unpaired) electrons. The lowest BCUT2D eigenvalue weighted by Gasteiger charge is -2.30. The van der Waals surface area contributed by atoms with Crippen LogP contribution < -0.4 is 19.7 Å². The summed E-state index contributed by atoms with van der Waals surface area (Å²) in [5.41, 5.74) is 0.936. The Bertz CT molecular complexity index is 615. The molecular formula is C20H29N2O3+. The fourth-order valence-electron chi connectivity index (χ4n) is 3.55. The molecule has 1 amide bonds. The number of ether oxygens (including phenoxy) is 2. The molecule has 2 aliphatic rings. The van der Waals surface area contributed by atoms with Gasteiger partial charge in [-0.2, -0.15) is 0 Å². The summed E-state index contributed by atoms with van der Waals surface area (Å²) in [6, 6.07) is 6.48. The third-order valence-electron chi connectivity index (χ3n) is 5.05. The van der Waals surface area contributed by atoms with Gasteiger partial charge in [0, 0.05) is 19.0 Å². The number of amides is 1. The largest absolute Gasteiger partial charge is 0.486 e. The van der Waals surface area contributed by atoms with Gasteiger partial charge in [-0.25, -0.2) is 0 Å². The maximum Gasteiger partial charge on any atom is 0.244 e. The van der Waals surface area contributed by atoms with Crippen molar-refractivity contribution in [3.8, 4) is 11.5 Å². The first-order valence-electron chi connectivity index (χ1n) is 9.42. The molecule has 5 nitrogen and oxygen atoms in total. The van der Waals surface area contributed by atoms with E-state index in [9.17, 15) is 4.79 Å². The lowest BCUT2D eigenvalue weighted by atomic mass is 10.0. The summed E-state index contributed by atoms with van der Waals surface area (Å²) in [4.78, 5) is 13.6. The number of hydrogen-bond donors (Lipinski definition) is 2. The van der Waals surface area contributed by atoms with Crippen molar-refractivity contribution in [2.75, 3.05) is 32.8 Å². The third kappa shape index (κ3) is 5.23. The van der Waals surface area contributed by atoms with E-state index in [2.05, 4.69) is 12.2 Å². The van der Waals surface area contributed by atoms with E-state index >= 15 is 0 Å². The monoisotopic (exact) mass is 345 g/mol. The lowest BCUT2D eigenvalue weighted by molar-refractivity contribution is -0.928. The summed E-state index contributed by atoms with van der Waals surface area (Å²) in [6.45, 7) is 6.65. The maximum absolute atomic E-state index is 12.0. The van der Waals surface area contributed by atoms with E-state index in [0.717, 1.165) is 42.6 Å². The van der Waals surface area contributed by atoms with E-state index in [-0.39, 0.29) is 5.91 Å². The number of likely N-dealkylation sites (tertiary alicyclic amines) is 1. The highest BCUT2D eigenvalue weighted by molar-refractivity contribution is 5.91. The van der Waals surface area contributed by atoms with Crippen molar-refractivity contribution in [1.82, 2.24) is 5.32 Å². The summed E-state index contributed by atoms with van der Waals surface area (Å²) in [7, 11) is 0. The van der Waals surface area contributed by atoms with Crippen LogP contribution in [0.5, 0.6) is 11.5 Å². The van der Waals surface area contributed by atoms with Crippen molar-refractivity contribution in [3.05, 3.63) is 29.8 Å². The van der Waals surface area contributed by atoms with Crippen LogP contribution in [-0.4, -0.2) is 44.8 Å². The minimum atomic E-state index is -0.0448. The number of piperidine rings is 1. The van der Waals surface area contributed by atoms with Gasteiger partial charge >= 0.3 is 0 Å². The Labute approximate surface area is 150 Å². The number of fused-ring (bicyclic) bond motifs is 1. The van der Waals surface area contributed by atoms with Crippen molar-refractivity contribution in [2.45, 2.75) is 38.6 Å². The molecule has 0 aliphatic carbocycles. The highest BCUT2D eigenvalue weighted by Gasteiger charge is 2.20. The molecule has 0 saturated carbocycles. The molecule has 0 spiro atoms. The zero-order chi connectivity index (χ0) is 17.5. The molecule has 1 aromatic rings. The molecule has 2 N–H and O–H groups in total. The smallest absolute Gasteiger partial charge is 0.244 e. The van der Waals surface area contributed by atoms with Gasteiger partial charge in [-0.15, -0.1) is 0 Å². The number of hydrogen-bond acceptors (Lipinski definition) is 3. The van der Waals surface area contributed by atoms with Crippen LogP contribution in [0.4, 0.5) is 0 Å². The van der Waals surface area contributed by atoms with Crippen molar-refractivity contribution in [3.63, 3.8) is 0 Å². The Morgan fingerprint density at radius 3 is 2.96 bits per heavy atom. The maximum atomic E-state index is 12.0. The second-order valence-electron chi connectivity index (χ2n) is 6.94. The van der Waals surface area contributed by atoms with Gasteiger partial charge in [-0.3, -0.25) is 4.79 Å². The Hall–Kier alpha value is -2.01. The predicted octanol–water partition coefficient (Wildman–Crippen LogP) is 1.43. The molecule has 1 fully saturated rings. The quantitative estimate of drug-likeness (QED) is 0.606. The highest BCUT2D eigenvalue weighted by atomic mass is 16.6. The fraction of sp³-hybridized carbons (Fsp3) is 0.550. The van der Waals surface area contributed by atoms with Gasteiger partial charge in [0.05, 0.1) is 19.1 Å². The second kappa shape index (κ2) is 8.90. The number of quaternary nitrogens is 1. The number of carbonyl (C=O) groups is 1. The Morgan fingerprint density at radius 2 is 2.12 bits per heavy atom. The number of benzene rings is 1. The van der Waals surface area contributed by atoms with Crippen LogP contribution in [0.25, 0.3) is 6.08 Å². The molecule has 1 unspecified atom stereocenters. The Kier molecular flexibility index (Phi) is 6.34. The van der Waals surface area contributed by atoms with E-state index in [4.69, 9.17) is 9.47 Å². The molecule has 25 heavy (non-hydrogen) atoms. The van der Waals surface area contributed by atoms with Gasteiger partial charge < -0.3 is 19.7 Å². The highest BCUT2D eigenvalue weighted by Crippen LogP contribution is 2.30. The van der Waals surface area contributed by atoms with Crippen LogP contribution >= 0.6 is 0 Å². The summed E-state index contributed by atoms with van der Waals surface area (Å²) in [5, 5.41) is 2.97. The average Bonchev–Trinajstić information content (AvgIpc) is 2.64. The van der Waals surface area contributed by atoms with E-state index in [1.807, 2.05) is 24.3 Å². The first-order valence-corrected chi connectivity index (χ1v) is 9.42. The minimum Gasteiger partial charge on any atom is -0.486 e. The standard InChI is InChI=1S/C20H28N2O3/c1-16-5-2-3-11-22(16)12-4-10-21-20(23)9-7-17-6-8-18-19(15-17)25-14-13-24-18/h6-9,15-16H,2-5,10-14H2,1H3,(H,21,23)/p+1/b9-7+/t16-/m1/s1. The average molecular weight is 345 g/mol. The predicted molar refractivity (Wildman–Crippen MR) is 98.1 cm³/mol. The van der Waals surface area contributed by atoms with E-state index < -0.39 is 0 Å². The van der Waals surface area contributed by atoms with Crippen LogP contribution in [-0.2, 0) is 4.79 Å². The van der Waals surface area contributed by atoms with E-state index in [1.54, 1.807) is 11.0 Å². The summed E-state index contributed by atoms with van der Waals surface area (Å²) >= 11 is 0. The van der Waals surface area contributed by atoms with Crippen molar-refractivity contribution in [2.24, 2.45) is 0 Å². The van der Waals surface area contributed by atoms with Crippen molar-refractivity contribution >= 4 is 12.0 Å². The SMILES string of the molecule is C[C@@H]1CCCC[NH+]1CCCNC(=O)/C=C/c1ccc2c(c1)OCCO2. The lowest BCUT2D eigenvalue weighted by Crippen LogP contribution is -3.16. The van der Waals surface area contributed by atoms with Crippen LogP contribution in [0, 0.1) is 0 Å². The van der Waals surface area contributed by atoms with Crippen LogP contribution in [0.15, 0.2) is 24.3 Å². The molecule has 1 aromatic carbocycles. The van der Waals surface area contributed by atoms with Crippen LogP contribution in [0.2, 0.25) is 0 Å². The molecule has 1 saturated heterocycles.